The zero-order valence-electron chi connectivity index (χ0n) is 13.9. The molecular weight excluding hydrogens is 309 g/mol. The number of aliphatic imine (C=N–C) groups is 1. The van der Waals surface area contributed by atoms with Crippen LogP contribution in [0.4, 0.5) is 4.39 Å². The predicted octanol–water partition coefficient (Wildman–Crippen LogP) is 2.39. The van der Waals surface area contributed by atoms with Gasteiger partial charge in [0, 0.05) is 26.6 Å². The standard InChI is InChI=1S/C18H24FN3O2/c1-23-13-11-22-18(21-10-8-17-6-3-12-24-17)20-9-7-15-4-2-5-16(19)14-15/h2-6,12,14H,7-11,13H2,1H3,(H2,20,21,22). The summed E-state index contributed by atoms with van der Waals surface area (Å²) >= 11 is 0. The van der Waals surface area contributed by atoms with E-state index in [2.05, 4.69) is 15.6 Å². The van der Waals surface area contributed by atoms with E-state index in [-0.39, 0.29) is 5.82 Å². The molecule has 0 saturated carbocycles. The molecule has 0 fully saturated rings. The van der Waals surface area contributed by atoms with Crippen LogP contribution in [-0.2, 0) is 17.6 Å². The van der Waals surface area contributed by atoms with Gasteiger partial charge in [-0.2, -0.15) is 0 Å². The largest absolute Gasteiger partial charge is 0.469 e. The summed E-state index contributed by atoms with van der Waals surface area (Å²) in [6.45, 7) is 2.52. The first-order valence-electron chi connectivity index (χ1n) is 8.06. The normalized spacial score (nSPS) is 11.5. The van der Waals surface area contributed by atoms with Gasteiger partial charge in [-0.25, -0.2) is 4.39 Å². The Kier molecular flexibility index (Phi) is 7.83. The Morgan fingerprint density at radius 3 is 2.71 bits per heavy atom. The number of ether oxygens (including phenoxy) is 1. The number of rotatable bonds is 9. The van der Waals surface area contributed by atoms with Gasteiger partial charge in [-0.3, -0.25) is 4.99 Å². The van der Waals surface area contributed by atoms with Crippen LogP contribution in [0.3, 0.4) is 0 Å². The highest BCUT2D eigenvalue weighted by molar-refractivity contribution is 5.79. The zero-order chi connectivity index (χ0) is 17.0. The Hall–Kier alpha value is -2.34. The van der Waals surface area contributed by atoms with Gasteiger partial charge in [0.1, 0.15) is 11.6 Å². The van der Waals surface area contributed by atoms with E-state index in [0.29, 0.717) is 26.2 Å². The minimum Gasteiger partial charge on any atom is -0.469 e. The summed E-state index contributed by atoms with van der Waals surface area (Å²) < 4.78 is 23.5. The minimum absolute atomic E-state index is 0.210. The Balaban J connectivity index is 1.77. The van der Waals surface area contributed by atoms with E-state index < -0.39 is 0 Å². The topological polar surface area (TPSA) is 58.8 Å². The maximum Gasteiger partial charge on any atom is 0.191 e. The fourth-order valence-electron chi connectivity index (χ4n) is 2.20. The summed E-state index contributed by atoms with van der Waals surface area (Å²) in [6, 6.07) is 10.5. The Bertz CT molecular complexity index is 614. The van der Waals surface area contributed by atoms with Crippen molar-refractivity contribution in [2.24, 2.45) is 4.99 Å². The fraction of sp³-hybridized carbons (Fsp3) is 0.389. The van der Waals surface area contributed by atoms with E-state index in [1.54, 1.807) is 25.5 Å². The Morgan fingerprint density at radius 1 is 1.17 bits per heavy atom. The van der Waals surface area contributed by atoms with Gasteiger partial charge < -0.3 is 19.8 Å². The highest BCUT2D eigenvalue weighted by Gasteiger charge is 2.01. The van der Waals surface area contributed by atoms with Gasteiger partial charge in [0.25, 0.3) is 0 Å². The van der Waals surface area contributed by atoms with Crippen LogP contribution in [0.5, 0.6) is 0 Å². The van der Waals surface area contributed by atoms with E-state index in [9.17, 15) is 4.39 Å². The average molecular weight is 333 g/mol. The maximum absolute atomic E-state index is 13.2. The van der Waals surface area contributed by atoms with Crippen LogP contribution in [0, 0.1) is 5.82 Å². The molecule has 1 aromatic carbocycles. The molecule has 0 bridgehead atoms. The van der Waals surface area contributed by atoms with Crippen LogP contribution >= 0.6 is 0 Å². The molecule has 2 rings (SSSR count). The van der Waals surface area contributed by atoms with Gasteiger partial charge in [-0.1, -0.05) is 12.1 Å². The van der Waals surface area contributed by atoms with Gasteiger partial charge in [0.15, 0.2) is 5.96 Å². The third kappa shape index (κ3) is 6.83. The number of methoxy groups -OCH3 is 1. The lowest BCUT2D eigenvalue weighted by Crippen LogP contribution is -2.39. The molecule has 2 N–H and O–H groups in total. The van der Waals surface area contributed by atoms with Crippen molar-refractivity contribution in [3.63, 3.8) is 0 Å². The van der Waals surface area contributed by atoms with Gasteiger partial charge in [-0.05, 0) is 36.2 Å². The SMILES string of the molecule is COCCN=C(NCCc1cccc(F)c1)NCCc1ccco1. The zero-order valence-corrected chi connectivity index (χ0v) is 13.9. The highest BCUT2D eigenvalue weighted by atomic mass is 19.1. The van der Waals surface area contributed by atoms with E-state index >= 15 is 0 Å². The number of furan rings is 1. The summed E-state index contributed by atoms with van der Waals surface area (Å²) in [6.07, 6.45) is 3.17. The molecule has 0 aliphatic carbocycles. The molecule has 0 aliphatic heterocycles. The molecule has 0 saturated heterocycles. The second-order valence-electron chi connectivity index (χ2n) is 5.29. The predicted molar refractivity (Wildman–Crippen MR) is 92.7 cm³/mol. The van der Waals surface area contributed by atoms with E-state index in [1.807, 2.05) is 18.2 Å². The third-order valence-electron chi connectivity index (χ3n) is 3.40. The van der Waals surface area contributed by atoms with Crippen LogP contribution < -0.4 is 10.6 Å². The minimum atomic E-state index is -0.210. The first kappa shape index (κ1) is 18.0. The molecule has 0 radical (unpaired) electrons. The molecule has 0 spiro atoms. The molecule has 6 heteroatoms. The second-order valence-corrected chi connectivity index (χ2v) is 5.29. The molecule has 0 aliphatic rings. The van der Waals surface area contributed by atoms with E-state index in [1.165, 1.54) is 6.07 Å². The monoisotopic (exact) mass is 333 g/mol. The fourth-order valence-corrected chi connectivity index (χ4v) is 2.20. The lowest BCUT2D eigenvalue weighted by molar-refractivity contribution is 0.208. The summed E-state index contributed by atoms with van der Waals surface area (Å²) in [5.41, 5.74) is 0.953. The second kappa shape index (κ2) is 10.4. The van der Waals surface area contributed by atoms with E-state index in [4.69, 9.17) is 9.15 Å². The van der Waals surface area contributed by atoms with Crippen LogP contribution in [0.1, 0.15) is 11.3 Å². The van der Waals surface area contributed by atoms with Crippen LogP contribution in [0.2, 0.25) is 0 Å². The maximum atomic E-state index is 13.2. The van der Waals surface area contributed by atoms with Gasteiger partial charge in [0.05, 0.1) is 19.4 Å². The quantitative estimate of drug-likeness (QED) is 0.420. The van der Waals surface area contributed by atoms with Gasteiger partial charge in [-0.15, -0.1) is 0 Å². The van der Waals surface area contributed by atoms with E-state index in [0.717, 1.165) is 30.1 Å². The van der Waals surface area contributed by atoms with Crippen molar-refractivity contribution in [1.29, 1.82) is 0 Å². The third-order valence-corrected chi connectivity index (χ3v) is 3.40. The summed E-state index contributed by atoms with van der Waals surface area (Å²) in [4.78, 5) is 4.45. The molecule has 1 heterocycles. The van der Waals surface area contributed by atoms with Crippen molar-refractivity contribution in [2.75, 3.05) is 33.4 Å². The molecular formula is C18H24FN3O2. The van der Waals surface area contributed by atoms with Crippen LogP contribution in [0.25, 0.3) is 0 Å². The molecule has 0 amide bonds. The van der Waals surface area contributed by atoms with Crippen LogP contribution in [-0.4, -0.2) is 39.3 Å². The number of hydrogen-bond donors (Lipinski definition) is 2. The van der Waals surface area contributed by atoms with Crippen molar-refractivity contribution in [3.05, 3.63) is 59.8 Å². The number of hydrogen-bond acceptors (Lipinski definition) is 3. The number of nitrogens with zero attached hydrogens (tertiary/aromatic N) is 1. The molecule has 0 atom stereocenters. The molecule has 5 nitrogen and oxygen atoms in total. The average Bonchev–Trinajstić information content (AvgIpc) is 3.08. The molecule has 2 aromatic rings. The lowest BCUT2D eigenvalue weighted by atomic mass is 10.1. The number of benzene rings is 1. The van der Waals surface area contributed by atoms with Crippen molar-refractivity contribution in [2.45, 2.75) is 12.8 Å². The number of nitrogens with one attached hydrogen (secondary N) is 2. The van der Waals surface area contributed by atoms with Gasteiger partial charge >= 0.3 is 0 Å². The van der Waals surface area contributed by atoms with Gasteiger partial charge in [0.2, 0.25) is 0 Å². The van der Waals surface area contributed by atoms with Crippen molar-refractivity contribution in [3.8, 4) is 0 Å². The van der Waals surface area contributed by atoms with Crippen molar-refractivity contribution in [1.82, 2.24) is 10.6 Å². The Labute approximate surface area is 141 Å². The van der Waals surface area contributed by atoms with Crippen molar-refractivity contribution < 1.29 is 13.5 Å². The smallest absolute Gasteiger partial charge is 0.191 e. The summed E-state index contributed by atoms with van der Waals surface area (Å²) in [5, 5.41) is 6.52. The highest BCUT2D eigenvalue weighted by Crippen LogP contribution is 2.03. The summed E-state index contributed by atoms with van der Waals surface area (Å²) in [5.74, 6) is 1.44. The summed E-state index contributed by atoms with van der Waals surface area (Å²) in [7, 11) is 1.65. The number of guanidine groups is 1. The van der Waals surface area contributed by atoms with Crippen LogP contribution in [0.15, 0.2) is 52.1 Å². The lowest BCUT2D eigenvalue weighted by Gasteiger charge is -2.12. The number of halogens is 1. The first-order valence-corrected chi connectivity index (χ1v) is 8.06. The first-order chi connectivity index (χ1) is 11.8. The molecule has 130 valence electrons. The van der Waals surface area contributed by atoms with Crippen molar-refractivity contribution >= 4 is 5.96 Å². The molecule has 0 unspecified atom stereocenters. The molecule has 1 aromatic heterocycles. The molecule has 24 heavy (non-hydrogen) atoms. The Morgan fingerprint density at radius 2 is 2.00 bits per heavy atom.